The molecule has 70 valence electrons. The van der Waals surface area contributed by atoms with Crippen molar-refractivity contribution >= 4 is 31.9 Å². The van der Waals surface area contributed by atoms with Gasteiger partial charge in [-0.25, -0.2) is 4.98 Å². The molecular weight excluding hydrogens is 306 g/mol. The molecule has 0 aliphatic carbocycles. The first-order chi connectivity index (χ1) is 6.77. The van der Waals surface area contributed by atoms with Gasteiger partial charge in [-0.05, 0) is 33.6 Å². The predicted molar refractivity (Wildman–Crippen MR) is 65.1 cm³/mol. The molecule has 2 aromatic rings. The minimum atomic E-state index is 0.855. The summed E-state index contributed by atoms with van der Waals surface area (Å²) in [7, 11) is 0. The van der Waals surface area contributed by atoms with Gasteiger partial charge in [0.25, 0.3) is 0 Å². The molecule has 0 bridgehead atoms. The molecule has 0 N–H and O–H groups in total. The maximum atomic E-state index is 4.19. The van der Waals surface area contributed by atoms with E-state index in [1.807, 2.05) is 36.5 Å². The van der Waals surface area contributed by atoms with E-state index in [1.165, 1.54) is 0 Å². The van der Waals surface area contributed by atoms with Crippen molar-refractivity contribution in [3.05, 3.63) is 51.7 Å². The molecule has 2 rings (SSSR count). The third kappa shape index (κ3) is 2.04. The summed E-state index contributed by atoms with van der Waals surface area (Å²) < 4.78 is 1.94. The molecule has 1 aromatic heterocycles. The molecule has 1 aromatic carbocycles. The SMILES string of the molecule is Brc1ccc(-c2ccccc2Br)cn1. The van der Waals surface area contributed by atoms with Gasteiger partial charge in [-0.15, -0.1) is 0 Å². The average molecular weight is 313 g/mol. The van der Waals surface area contributed by atoms with E-state index < -0.39 is 0 Å². The topological polar surface area (TPSA) is 12.9 Å². The molecule has 0 amide bonds. The van der Waals surface area contributed by atoms with Crippen molar-refractivity contribution < 1.29 is 0 Å². The molecule has 0 saturated heterocycles. The molecule has 0 radical (unpaired) electrons. The van der Waals surface area contributed by atoms with E-state index in [0.717, 1.165) is 20.2 Å². The van der Waals surface area contributed by atoms with Crippen LogP contribution in [-0.2, 0) is 0 Å². The van der Waals surface area contributed by atoms with Gasteiger partial charge in [-0.3, -0.25) is 0 Å². The number of halogens is 2. The summed E-state index contributed by atoms with van der Waals surface area (Å²) in [4.78, 5) is 4.19. The van der Waals surface area contributed by atoms with Crippen molar-refractivity contribution in [1.82, 2.24) is 4.98 Å². The lowest BCUT2D eigenvalue weighted by Crippen LogP contribution is -1.81. The van der Waals surface area contributed by atoms with Gasteiger partial charge in [0.15, 0.2) is 0 Å². The number of benzene rings is 1. The summed E-state index contributed by atoms with van der Waals surface area (Å²) in [5.41, 5.74) is 2.27. The zero-order chi connectivity index (χ0) is 9.97. The highest BCUT2D eigenvalue weighted by Gasteiger charge is 2.01. The van der Waals surface area contributed by atoms with Crippen molar-refractivity contribution in [2.45, 2.75) is 0 Å². The molecule has 0 aliphatic rings. The standard InChI is InChI=1S/C11H7Br2N/c12-10-4-2-1-3-9(10)8-5-6-11(13)14-7-8/h1-7H. The Bertz CT molecular complexity index is 437. The molecule has 0 fully saturated rings. The maximum absolute atomic E-state index is 4.19. The second-order valence-corrected chi connectivity index (χ2v) is 4.52. The molecule has 0 atom stereocenters. The number of rotatable bonds is 1. The Kier molecular flexibility index (Phi) is 2.99. The smallest absolute Gasteiger partial charge is 0.106 e. The minimum absolute atomic E-state index is 0.855. The molecule has 1 nitrogen and oxygen atoms in total. The van der Waals surface area contributed by atoms with Gasteiger partial charge in [0.05, 0.1) is 0 Å². The lowest BCUT2D eigenvalue weighted by atomic mass is 10.1. The third-order valence-corrected chi connectivity index (χ3v) is 3.07. The number of hydrogen-bond donors (Lipinski definition) is 0. The second kappa shape index (κ2) is 4.24. The summed E-state index contributed by atoms with van der Waals surface area (Å²) in [5, 5.41) is 0. The molecule has 0 unspecified atom stereocenters. The van der Waals surface area contributed by atoms with Crippen LogP contribution in [0.5, 0.6) is 0 Å². The van der Waals surface area contributed by atoms with Crippen molar-refractivity contribution in [3.8, 4) is 11.1 Å². The fraction of sp³-hybridized carbons (Fsp3) is 0. The van der Waals surface area contributed by atoms with E-state index >= 15 is 0 Å². The maximum Gasteiger partial charge on any atom is 0.106 e. The minimum Gasteiger partial charge on any atom is -0.249 e. The van der Waals surface area contributed by atoms with Crippen LogP contribution in [0.3, 0.4) is 0 Å². The quantitative estimate of drug-likeness (QED) is 0.716. The molecular formula is C11H7Br2N. The summed E-state index contributed by atoms with van der Waals surface area (Å²) in [6.07, 6.45) is 1.85. The van der Waals surface area contributed by atoms with Gasteiger partial charge in [0.2, 0.25) is 0 Å². The van der Waals surface area contributed by atoms with E-state index in [4.69, 9.17) is 0 Å². The first kappa shape index (κ1) is 9.87. The Morgan fingerprint density at radius 2 is 1.71 bits per heavy atom. The summed E-state index contributed by atoms with van der Waals surface area (Å²) >= 11 is 6.83. The number of aromatic nitrogens is 1. The van der Waals surface area contributed by atoms with Crippen LogP contribution in [0.2, 0.25) is 0 Å². The van der Waals surface area contributed by atoms with E-state index in [9.17, 15) is 0 Å². The van der Waals surface area contributed by atoms with Gasteiger partial charge in [-0.2, -0.15) is 0 Å². The van der Waals surface area contributed by atoms with Gasteiger partial charge >= 0.3 is 0 Å². The van der Waals surface area contributed by atoms with Crippen molar-refractivity contribution in [2.24, 2.45) is 0 Å². The van der Waals surface area contributed by atoms with Gasteiger partial charge in [0, 0.05) is 16.2 Å². The summed E-state index contributed by atoms with van der Waals surface area (Å²) in [5.74, 6) is 0. The van der Waals surface area contributed by atoms with Crippen LogP contribution in [0.4, 0.5) is 0 Å². The normalized spacial score (nSPS) is 10.1. The first-order valence-corrected chi connectivity index (χ1v) is 5.72. The molecule has 0 saturated carbocycles. The monoisotopic (exact) mass is 311 g/mol. The Labute approximate surface area is 99.4 Å². The van der Waals surface area contributed by atoms with Crippen LogP contribution < -0.4 is 0 Å². The average Bonchev–Trinajstić information content (AvgIpc) is 2.20. The van der Waals surface area contributed by atoms with E-state index in [0.29, 0.717) is 0 Å². The summed E-state index contributed by atoms with van der Waals surface area (Å²) in [6.45, 7) is 0. The fourth-order valence-electron chi connectivity index (χ4n) is 1.23. The highest BCUT2D eigenvalue weighted by Crippen LogP contribution is 2.27. The summed E-state index contributed by atoms with van der Waals surface area (Å²) in [6, 6.07) is 12.1. The lowest BCUT2D eigenvalue weighted by Gasteiger charge is -2.03. The highest BCUT2D eigenvalue weighted by atomic mass is 79.9. The van der Waals surface area contributed by atoms with Gasteiger partial charge in [0.1, 0.15) is 4.60 Å². The van der Waals surface area contributed by atoms with Gasteiger partial charge < -0.3 is 0 Å². The fourth-order valence-corrected chi connectivity index (χ4v) is 1.98. The largest absolute Gasteiger partial charge is 0.249 e. The molecule has 1 heterocycles. The van der Waals surface area contributed by atoms with E-state index in [-0.39, 0.29) is 0 Å². The molecule has 14 heavy (non-hydrogen) atoms. The van der Waals surface area contributed by atoms with Crippen LogP contribution in [0.1, 0.15) is 0 Å². The third-order valence-electron chi connectivity index (χ3n) is 1.91. The van der Waals surface area contributed by atoms with E-state index in [1.54, 1.807) is 0 Å². The number of nitrogens with zero attached hydrogens (tertiary/aromatic N) is 1. The van der Waals surface area contributed by atoms with Crippen LogP contribution in [0.25, 0.3) is 11.1 Å². The molecule has 3 heteroatoms. The zero-order valence-electron chi connectivity index (χ0n) is 7.24. The first-order valence-electron chi connectivity index (χ1n) is 4.14. The van der Waals surface area contributed by atoms with Gasteiger partial charge in [-0.1, -0.05) is 40.2 Å². The Morgan fingerprint density at radius 1 is 0.929 bits per heavy atom. The molecule has 0 aliphatic heterocycles. The lowest BCUT2D eigenvalue weighted by molar-refractivity contribution is 1.28. The van der Waals surface area contributed by atoms with Crippen molar-refractivity contribution in [1.29, 1.82) is 0 Å². The van der Waals surface area contributed by atoms with Crippen LogP contribution in [0, 0.1) is 0 Å². The van der Waals surface area contributed by atoms with Crippen molar-refractivity contribution in [2.75, 3.05) is 0 Å². The number of hydrogen-bond acceptors (Lipinski definition) is 1. The molecule has 0 spiro atoms. The Morgan fingerprint density at radius 3 is 2.36 bits per heavy atom. The highest BCUT2D eigenvalue weighted by molar-refractivity contribution is 9.10. The van der Waals surface area contributed by atoms with Crippen LogP contribution in [-0.4, -0.2) is 4.98 Å². The predicted octanol–water partition coefficient (Wildman–Crippen LogP) is 4.27. The number of pyridine rings is 1. The van der Waals surface area contributed by atoms with E-state index in [2.05, 4.69) is 42.9 Å². The van der Waals surface area contributed by atoms with Crippen LogP contribution >= 0.6 is 31.9 Å². The van der Waals surface area contributed by atoms with Crippen molar-refractivity contribution in [3.63, 3.8) is 0 Å². The zero-order valence-corrected chi connectivity index (χ0v) is 10.4. The second-order valence-electron chi connectivity index (χ2n) is 2.85. The Hall–Kier alpha value is -0.670. The Balaban J connectivity index is 2.50. The van der Waals surface area contributed by atoms with Crippen LogP contribution in [0.15, 0.2) is 51.7 Å².